The number of phenolic OH excluding ortho intramolecular Hbond substituents is 1. The minimum atomic E-state index is -1.70. The second-order valence-electron chi connectivity index (χ2n) is 4.63. The third-order valence-corrected chi connectivity index (χ3v) is 3.31. The summed E-state index contributed by atoms with van der Waals surface area (Å²) < 4.78 is 45.2. The summed E-state index contributed by atoms with van der Waals surface area (Å²) in [5.41, 5.74) is -0.685. The highest BCUT2D eigenvalue weighted by Crippen LogP contribution is 2.27. The molecule has 1 unspecified atom stereocenters. The highest BCUT2D eigenvalue weighted by molar-refractivity contribution is 5.95. The highest BCUT2D eigenvalue weighted by Gasteiger charge is 2.29. The van der Waals surface area contributed by atoms with Gasteiger partial charge in [-0.05, 0) is 19.4 Å². The van der Waals surface area contributed by atoms with Gasteiger partial charge in [0.05, 0.1) is 12.2 Å². The summed E-state index contributed by atoms with van der Waals surface area (Å²) in [7, 11) is 0. The third-order valence-electron chi connectivity index (χ3n) is 3.31. The maximum Gasteiger partial charge on any atom is 0.257 e. The van der Waals surface area contributed by atoms with E-state index in [0.29, 0.717) is 19.1 Å². The Labute approximate surface area is 113 Å². The predicted octanol–water partition coefficient (Wildman–Crippen LogP) is 2.06. The number of amides is 1. The summed E-state index contributed by atoms with van der Waals surface area (Å²) in [6.07, 6.45) is 0.559. The number of nitrogens with zero attached hydrogens (tertiary/aromatic N) is 1. The molecule has 1 aromatic rings. The molecule has 110 valence electrons. The van der Waals surface area contributed by atoms with Crippen LogP contribution in [-0.2, 0) is 4.74 Å². The summed E-state index contributed by atoms with van der Waals surface area (Å²) in [5, 5.41) is 9.15. The van der Waals surface area contributed by atoms with Crippen molar-refractivity contribution in [1.82, 2.24) is 4.90 Å². The van der Waals surface area contributed by atoms with E-state index in [0.717, 1.165) is 0 Å². The number of ether oxygens (including phenoxy) is 1. The molecule has 2 rings (SSSR count). The summed E-state index contributed by atoms with van der Waals surface area (Å²) in [5.74, 6) is -6.90. The molecule has 7 heteroatoms. The monoisotopic (exact) mass is 289 g/mol. The van der Waals surface area contributed by atoms with Crippen molar-refractivity contribution in [3.8, 4) is 5.75 Å². The van der Waals surface area contributed by atoms with Gasteiger partial charge in [0, 0.05) is 19.2 Å². The molecule has 1 heterocycles. The second kappa shape index (κ2) is 5.70. The van der Waals surface area contributed by atoms with Gasteiger partial charge in [0.2, 0.25) is 5.82 Å². The lowest BCUT2D eigenvalue weighted by Crippen LogP contribution is -2.39. The van der Waals surface area contributed by atoms with Crippen LogP contribution in [0.25, 0.3) is 0 Å². The summed E-state index contributed by atoms with van der Waals surface area (Å²) >= 11 is 0. The molecule has 4 nitrogen and oxygen atoms in total. The van der Waals surface area contributed by atoms with Crippen molar-refractivity contribution < 1.29 is 27.8 Å². The van der Waals surface area contributed by atoms with Crippen molar-refractivity contribution in [3.63, 3.8) is 0 Å². The first-order valence-electron chi connectivity index (χ1n) is 6.18. The van der Waals surface area contributed by atoms with Gasteiger partial charge in [0.25, 0.3) is 5.91 Å². The second-order valence-corrected chi connectivity index (χ2v) is 4.63. The Hall–Kier alpha value is -1.76. The quantitative estimate of drug-likeness (QED) is 0.805. The molecule has 1 saturated heterocycles. The lowest BCUT2D eigenvalue weighted by atomic mass is 10.1. The van der Waals surface area contributed by atoms with Crippen LogP contribution >= 0.6 is 0 Å². The van der Waals surface area contributed by atoms with Crippen molar-refractivity contribution in [2.45, 2.75) is 19.4 Å². The van der Waals surface area contributed by atoms with E-state index in [1.165, 1.54) is 4.90 Å². The molecule has 1 fully saturated rings. The van der Waals surface area contributed by atoms with Crippen LogP contribution in [-0.4, -0.2) is 41.7 Å². The number of hydrogen-bond donors (Lipinski definition) is 1. The average molecular weight is 289 g/mol. The average Bonchev–Trinajstić information content (AvgIpc) is 2.64. The van der Waals surface area contributed by atoms with Gasteiger partial charge in [-0.3, -0.25) is 4.79 Å². The van der Waals surface area contributed by atoms with Gasteiger partial charge in [-0.25, -0.2) is 8.78 Å². The zero-order valence-electron chi connectivity index (χ0n) is 10.8. The normalized spacial score (nSPS) is 19.8. The lowest BCUT2D eigenvalue weighted by Gasteiger charge is -2.26. The van der Waals surface area contributed by atoms with Gasteiger partial charge in [-0.1, -0.05) is 0 Å². The van der Waals surface area contributed by atoms with E-state index in [2.05, 4.69) is 0 Å². The van der Waals surface area contributed by atoms with Crippen LogP contribution in [0.5, 0.6) is 5.75 Å². The van der Waals surface area contributed by atoms with E-state index in [1.807, 2.05) is 0 Å². The molecule has 0 saturated carbocycles. The Bertz CT molecular complexity index is 536. The third kappa shape index (κ3) is 2.58. The Morgan fingerprint density at radius 3 is 2.75 bits per heavy atom. The number of phenols is 1. The molecule has 0 bridgehead atoms. The first-order valence-corrected chi connectivity index (χ1v) is 6.18. The molecule has 0 spiro atoms. The van der Waals surface area contributed by atoms with Crippen LogP contribution < -0.4 is 0 Å². The van der Waals surface area contributed by atoms with Crippen molar-refractivity contribution >= 4 is 5.91 Å². The van der Waals surface area contributed by atoms with Crippen molar-refractivity contribution in [2.24, 2.45) is 0 Å². The first-order chi connectivity index (χ1) is 9.43. The Morgan fingerprint density at radius 2 is 2.05 bits per heavy atom. The SMILES string of the molecule is CC1CCOCCN1C(=O)c1cc(F)c(F)c(O)c1F. The Morgan fingerprint density at radius 1 is 1.35 bits per heavy atom. The number of hydrogen-bond acceptors (Lipinski definition) is 3. The van der Waals surface area contributed by atoms with E-state index in [1.54, 1.807) is 6.92 Å². The molecular weight excluding hydrogens is 275 g/mol. The van der Waals surface area contributed by atoms with Gasteiger partial charge in [-0.15, -0.1) is 0 Å². The van der Waals surface area contributed by atoms with Crippen LogP contribution in [0, 0.1) is 17.5 Å². The fourth-order valence-electron chi connectivity index (χ4n) is 2.10. The predicted molar refractivity (Wildman–Crippen MR) is 63.9 cm³/mol. The molecule has 1 aromatic carbocycles. The van der Waals surface area contributed by atoms with Gasteiger partial charge in [0.1, 0.15) is 0 Å². The maximum atomic E-state index is 13.7. The van der Waals surface area contributed by atoms with Crippen LogP contribution in [0.1, 0.15) is 23.7 Å². The van der Waals surface area contributed by atoms with Crippen molar-refractivity contribution in [2.75, 3.05) is 19.8 Å². The van der Waals surface area contributed by atoms with Crippen molar-refractivity contribution in [1.29, 1.82) is 0 Å². The molecule has 1 atom stereocenters. The smallest absolute Gasteiger partial charge is 0.257 e. The molecule has 1 aliphatic rings. The number of rotatable bonds is 1. The molecule has 1 aliphatic heterocycles. The fourth-order valence-corrected chi connectivity index (χ4v) is 2.10. The molecule has 0 radical (unpaired) electrons. The first kappa shape index (κ1) is 14.6. The molecule has 0 aliphatic carbocycles. The summed E-state index contributed by atoms with van der Waals surface area (Å²) in [6, 6.07) is 0.241. The summed E-state index contributed by atoms with van der Waals surface area (Å²) in [4.78, 5) is 13.6. The number of halogens is 3. The zero-order valence-corrected chi connectivity index (χ0v) is 10.8. The lowest BCUT2D eigenvalue weighted by molar-refractivity contribution is 0.0680. The maximum absolute atomic E-state index is 13.7. The number of carbonyl (C=O) groups excluding carboxylic acids is 1. The topological polar surface area (TPSA) is 49.8 Å². The molecule has 20 heavy (non-hydrogen) atoms. The van der Waals surface area contributed by atoms with E-state index >= 15 is 0 Å². The Balaban J connectivity index is 2.38. The molecular formula is C13H14F3NO3. The van der Waals surface area contributed by atoms with Crippen LogP contribution in [0.4, 0.5) is 13.2 Å². The standard InChI is InChI=1S/C13H14F3NO3/c1-7-2-4-20-5-3-17(7)13(19)8-6-9(14)11(16)12(18)10(8)15/h6-7,18H,2-5H2,1H3. The number of aromatic hydroxyl groups is 1. The van der Waals surface area contributed by atoms with Gasteiger partial charge < -0.3 is 14.7 Å². The molecule has 0 aromatic heterocycles. The number of benzene rings is 1. The minimum Gasteiger partial charge on any atom is -0.503 e. The van der Waals surface area contributed by atoms with Crippen LogP contribution in [0.3, 0.4) is 0 Å². The Kier molecular flexibility index (Phi) is 4.17. The van der Waals surface area contributed by atoms with E-state index in [-0.39, 0.29) is 19.2 Å². The molecule has 1 N–H and O–H groups in total. The minimum absolute atomic E-state index is 0.221. The van der Waals surface area contributed by atoms with E-state index < -0.39 is 34.7 Å². The van der Waals surface area contributed by atoms with E-state index in [9.17, 15) is 18.0 Å². The van der Waals surface area contributed by atoms with Gasteiger partial charge in [0.15, 0.2) is 17.4 Å². The van der Waals surface area contributed by atoms with Crippen molar-refractivity contribution in [3.05, 3.63) is 29.1 Å². The van der Waals surface area contributed by atoms with Gasteiger partial charge in [-0.2, -0.15) is 4.39 Å². The van der Waals surface area contributed by atoms with Crippen LogP contribution in [0.2, 0.25) is 0 Å². The highest BCUT2D eigenvalue weighted by atomic mass is 19.2. The van der Waals surface area contributed by atoms with Gasteiger partial charge >= 0.3 is 0 Å². The summed E-state index contributed by atoms with van der Waals surface area (Å²) in [6.45, 7) is 2.73. The fraction of sp³-hybridized carbons (Fsp3) is 0.462. The molecule has 1 amide bonds. The van der Waals surface area contributed by atoms with E-state index in [4.69, 9.17) is 9.84 Å². The largest absolute Gasteiger partial charge is 0.503 e. The van der Waals surface area contributed by atoms with Crippen LogP contribution in [0.15, 0.2) is 6.07 Å². The number of carbonyl (C=O) groups is 1. The zero-order chi connectivity index (χ0) is 14.9.